The summed E-state index contributed by atoms with van der Waals surface area (Å²) in [5.41, 5.74) is 18.3. The predicted octanol–water partition coefficient (Wildman–Crippen LogP) is 9.23. The van der Waals surface area contributed by atoms with Gasteiger partial charge in [0.15, 0.2) is 6.29 Å². The molecule has 4 aromatic carbocycles. The highest BCUT2D eigenvalue weighted by Gasteiger charge is 2.44. The number of aldehydes is 1. The Balaban J connectivity index is 1.84. The summed E-state index contributed by atoms with van der Waals surface area (Å²) in [5.74, 6) is 0. The first-order valence-electron chi connectivity index (χ1n) is 12.9. The smallest absolute Gasteiger partial charge is 0.160 e. The molecule has 182 valence electrons. The minimum Gasteiger partial charge on any atom is -0.399 e. The van der Waals surface area contributed by atoms with Crippen molar-refractivity contribution in [3.05, 3.63) is 113 Å². The van der Waals surface area contributed by atoms with Crippen molar-refractivity contribution < 1.29 is 4.79 Å². The first-order chi connectivity index (χ1) is 18.1. The molecule has 3 heteroatoms. The van der Waals surface area contributed by atoms with Crippen molar-refractivity contribution in [3.63, 3.8) is 0 Å². The Morgan fingerprint density at radius 3 is 2.03 bits per heavy atom. The van der Waals surface area contributed by atoms with Crippen molar-refractivity contribution in [1.82, 2.24) is 0 Å². The molecule has 0 aliphatic heterocycles. The van der Waals surface area contributed by atoms with Gasteiger partial charge >= 0.3 is 0 Å². The van der Waals surface area contributed by atoms with Crippen molar-refractivity contribution in [2.45, 2.75) is 32.1 Å². The number of rotatable bonds is 6. The molecule has 2 N–H and O–H groups in total. The largest absolute Gasteiger partial charge is 0.399 e. The van der Waals surface area contributed by atoms with Crippen LogP contribution in [0.3, 0.4) is 0 Å². The van der Waals surface area contributed by atoms with Crippen LogP contribution >= 0.6 is 11.3 Å². The van der Waals surface area contributed by atoms with Crippen LogP contribution in [0.4, 0.5) is 5.69 Å². The van der Waals surface area contributed by atoms with Gasteiger partial charge in [-0.3, -0.25) is 4.79 Å². The number of nitrogens with two attached hydrogens (primary N) is 1. The summed E-state index contributed by atoms with van der Waals surface area (Å²) in [5, 5.41) is 0. The van der Waals surface area contributed by atoms with Crippen LogP contribution in [0, 0.1) is 0 Å². The van der Waals surface area contributed by atoms with Crippen LogP contribution in [0.15, 0.2) is 97.1 Å². The summed E-state index contributed by atoms with van der Waals surface area (Å²) < 4.78 is 0. The molecule has 37 heavy (non-hydrogen) atoms. The van der Waals surface area contributed by atoms with Gasteiger partial charge < -0.3 is 5.73 Å². The van der Waals surface area contributed by atoms with E-state index in [0.717, 1.165) is 34.6 Å². The molecule has 5 aromatic rings. The second-order valence-electron chi connectivity index (χ2n) is 9.74. The standard InChI is InChI=1S/C34H29NOS/c1-3-34(4-2)29-19-24(35)15-17-26(29)28-20-27(22-11-7-5-8-12-22)32(30-18-16-25(21-36)37-30)31(33(28)34)23-13-9-6-10-14-23/h5-21H,3-4,35H2,1-2H3. The summed E-state index contributed by atoms with van der Waals surface area (Å²) >= 11 is 1.56. The second kappa shape index (κ2) is 9.17. The predicted molar refractivity (Wildman–Crippen MR) is 157 cm³/mol. The summed E-state index contributed by atoms with van der Waals surface area (Å²) in [6.07, 6.45) is 2.90. The molecule has 6 rings (SSSR count). The fourth-order valence-electron chi connectivity index (χ4n) is 6.25. The minimum absolute atomic E-state index is 0.153. The second-order valence-corrected chi connectivity index (χ2v) is 10.9. The Bertz CT molecular complexity index is 1610. The van der Waals surface area contributed by atoms with E-state index in [1.165, 1.54) is 50.1 Å². The number of hydrogen-bond acceptors (Lipinski definition) is 3. The van der Waals surface area contributed by atoms with E-state index in [0.29, 0.717) is 0 Å². The molecule has 0 fully saturated rings. The van der Waals surface area contributed by atoms with E-state index < -0.39 is 0 Å². The normalized spacial score (nSPS) is 13.2. The number of carbonyl (C=O) groups is 1. The van der Waals surface area contributed by atoms with Crippen LogP contribution in [-0.2, 0) is 5.41 Å². The van der Waals surface area contributed by atoms with E-state index in [-0.39, 0.29) is 5.41 Å². The van der Waals surface area contributed by atoms with Crippen LogP contribution in [-0.4, -0.2) is 6.29 Å². The number of thiophene rings is 1. The summed E-state index contributed by atoms with van der Waals surface area (Å²) in [4.78, 5) is 13.6. The Morgan fingerprint density at radius 2 is 1.41 bits per heavy atom. The van der Waals surface area contributed by atoms with E-state index in [1.807, 2.05) is 12.1 Å². The van der Waals surface area contributed by atoms with Gasteiger partial charge in [0.25, 0.3) is 0 Å². The molecule has 0 spiro atoms. The number of fused-ring (bicyclic) bond motifs is 3. The molecular weight excluding hydrogens is 470 g/mol. The zero-order valence-corrected chi connectivity index (χ0v) is 21.9. The maximum Gasteiger partial charge on any atom is 0.160 e. The average molecular weight is 500 g/mol. The van der Waals surface area contributed by atoms with Crippen molar-refractivity contribution in [3.8, 4) is 43.8 Å². The van der Waals surface area contributed by atoms with Gasteiger partial charge in [-0.25, -0.2) is 0 Å². The molecule has 0 amide bonds. The van der Waals surface area contributed by atoms with E-state index in [4.69, 9.17) is 5.73 Å². The van der Waals surface area contributed by atoms with E-state index in [2.05, 4.69) is 98.8 Å². The zero-order valence-electron chi connectivity index (χ0n) is 21.1. The lowest BCUT2D eigenvalue weighted by Crippen LogP contribution is -2.24. The minimum atomic E-state index is -0.153. The Kier molecular flexibility index (Phi) is 5.81. The third-order valence-electron chi connectivity index (χ3n) is 8.00. The molecule has 1 aliphatic rings. The maximum atomic E-state index is 11.7. The zero-order chi connectivity index (χ0) is 25.6. The summed E-state index contributed by atoms with van der Waals surface area (Å²) in [6.45, 7) is 4.58. The molecule has 2 nitrogen and oxygen atoms in total. The van der Waals surface area contributed by atoms with Gasteiger partial charge in [0.1, 0.15) is 0 Å². The molecular formula is C34H29NOS. The van der Waals surface area contributed by atoms with Gasteiger partial charge in [-0.1, -0.05) is 80.6 Å². The number of nitrogen functional groups attached to an aromatic ring is 1. The fraction of sp³-hybridized carbons (Fsp3) is 0.147. The third-order valence-corrected chi connectivity index (χ3v) is 9.03. The van der Waals surface area contributed by atoms with Crippen molar-refractivity contribution in [1.29, 1.82) is 0 Å². The first kappa shape index (κ1) is 23.4. The number of anilines is 1. The van der Waals surface area contributed by atoms with Gasteiger partial charge in [-0.2, -0.15) is 0 Å². The summed E-state index contributed by atoms with van der Waals surface area (Å²) in [7, 11) is 0. The molecule has 0 unspecified atom stereocenters. The van der Waals surface area contributed by atoms with Gasteiger partial charge in [-0.05, 0) is 87.7 Å². The van der Waals surface area contributed by atoms with Crippen LogP contribution < -0.4 is 5.73 Å². The SMILES string of the molecule is CCC1(CC)c2cc(N)ccc2-c2cc(-c3ccccc3)c(-c3ccc(C=O)s3)c(-c3ccccc3)c21. The Hall–Kier alpha value is -3.95. The Labute approximate surface area is 222 Å². The highest BCUT2D eigenvalue weighted by molar-refractivity contribution is 7.17. The molecule has 0 saturated carbocycles. The van der Waals surface area contributed by atoms with Crippen molar-refractivity contribution in [2.24, 2.45) is 0 Å². The monoisotopic (exact) mass is 499 g/mol. The Morgan fingerprint density at radius 1 is 0.730 bits per heavy atom. The van der Waals surface area contributed by atoms with Crippen LogP contribution in [0.1, 0.15) is 47.5 Å². The molecule has 0 bridgehead atoms. The number of hydrogen-bond donors (Lipinski definition) is 1. The lowest BCUT2D eigenvalue weighted by Gasteiger charge is -2.33. The molecule has 1 heterocycles. The van der Waals surface area contributed by atoms with Gasteiger partial charge in [0.05, 0.1) is 4.88 Å². The maximum absolute atomic E-state index is 11.7. The van der Waals surface area contributed by atoms with Crippen LogP contribution in [0.5, 0.6) is 0 Å². The first-order valence-corrected chi connectivity index (χ1v) is 13.7. The van der Waals surface area contributed by atoms with Crippen molar-refractivity contribution >= 4 is 23.3 Å². The lowest BCUT2D eigenvalue weighted by molar-refractivity contribution is 0.112. The quantitative estimate of drug-likeness (QED) is 0.187. The molecule has 1 aliphatic carbocycles. The van der Waals surface area contributed by atoms with Gasteiger partial charge in [-0.15, -0.1) is 11.3 Å². The van der Waals surface area contributed by atoms with E-state index in [1.54, 1.807) is 11.3 Å². The van der Waals surface area contributed by atoms with E-state index >= 15 is 0 Å². The van der Waals surface area contributed by atoms with Crippen LogP contribution in [0.25, 0.3) is 43.8 Å². The highest BCUT2D eigenvalue weighted by Crippen LogP contribution is 2.60. The van der Waals surface area contributed by atoms with Crippen LogP contribution in [0.2, 0.25) is 0 Å². The fourth-order valence-corrected chi connectivity index (χ4v) is 7.14. The van der Waals surface area contributed by atoms with Gasteiger partial charge in [0, 0.05) is 21.5 Å². The average Bonchev–Trinajstić information content (AvgIpc) is 3.53. The molecule has 1 aromatic heterocycles. The highest BCUT2D eigenvalue weighted by atomic mass is 32.1. The molecule has 0 atom stereocenters. The van der Waals surface area contributed by atoms with E-state index in [9.17, 15) is 4.79 Å². The lowest BCUT2D eigenvalue weighted by atomic mass is 9.70. The molecule has 0 saturated heterocycles. The number of benzene rings is 4. The van der Waals surface area contributed by atoms with Crippen molar-refractivity contribution in [2.75, 3.05) is 5.73 Å². The topological polar surface area (TPSA) is 43.1 Å². The third kappa shape index (κ3) is 3.57. The number of carbonyl (C=O) groups excluding carboxylic acids is 1. The van der Waals surface area contributed by atoms with Gasteiger partial charge in [0.2, 0.25) is 0 Å². The summed E-state index contributed by atoms with van der Waals surface area (Å²) in [6, 6.07) is 34.2. The molecule has 0 radical (unpaired) electrons.